The Bertz CT molecular complexity index is 768. The van der Waals surface area contributed by atoms with Crippen molar-refractivity contribution < 1.29 is 9.59 Å². The van der Waals surface area contributed by atoms with E-state index in [9.17, 15) is 9.59 Å². The average molecular weight is 394 g/mol. The summed E-state index contributed by atoms with van der Waals surface area (Å²) in [5, 5.41) is 7.04. The first-order valence-corrected chi connectivity index (χ1v) is 8.62. The maximum Gasteiger partial charge on any atom is 0.225 e. The summed E-state index contributed by atoms with van der Waals surface area (Å²) in [6, 6.07) is 3.60. The number of hydrogen-bond acceptors (Lipinski definition) is 6. The summed E-state index contributed by atoms with van der Waals surface area (Å²) in [6.45, 7) is 2.73. The lowest BCUT2D eigenvalue weighted by Gasteiger charge is -2.23. The number of amides is 2. The molecule has 0 spiro atoms. The number of likely N-dealkylation sites (tertiary alicyclic amines) is 1. The van der Waals surface area contributed by atoms with Gasteiger partial charge in [-0.1, -0.05) is 6.07 Å². The third-order valence-electron chi connectivity index (χ3n) is 4.55. The number of nitrogens with one attached hydrogen (secondary N) is 1. The second-order valence-electron chi connectivity index (χ2n) is 6.50. The number of aromatic nitrogens is 4. The standard InChI is InChI=1S/C17H23N7O2.ClH/c1-12(25)23-8-14(4-5-15(18)9-23)17(26)21-7-13-3-2-6-20-16(13)24-11-19-10-22-24;/h2-3,6,10-11,14-15H,4-5,7-9,18H2,1H3,(H,21,26);1H/t14-,15+;/m1./s1. The Morgan fingerprint density at radius 3 is 2.85 bits per heavy atom. The van der Waals surface area contributed by atoms with Crippen LogP contribution < -0.4 is 11.1 Å². The molecule has 1 aliphatic heterocycles. The number of carbonyl (C=O) groups is 2. The minimum absolute atomic E-state index is 0. The monoisotopic (exact) mass is 393 g/mol. The zero-order valence-corrected chi connectivity index (χ0v) is 15.9. The number of nitrogens with two attached hydrogens (primary N) is 1. The van der Waals surface area contributed by atoms with Crippen LogP contribution in [-0.4, -0.2) is 55.6 Å². The van der Waals surface area contributed by atoms with Crippen molar-refractivity contribution in [2.75, 3.05) is 13.1 Å². The van der Waals surface area contributed by atoms with Crippen LogP contribution in [0.4, 0.5) is 0 Å². The molecule has 0 aromatic carbocycles. The molecular formula is C17H24ClN7O2. The minimum atomic E-state index is -0.265. The molecule has 2 atom stereocenters. The van der Waals surface area contributed by atoms with Gasteiger partial charge in [0.1, 0.15) is 12.7 Å². The van der Waals surface area contributed by atoms with E-state index in [4.69, 9.17) is 5.73 Å². The number of nitrogens with zero attached hydrogens (tertiary/aromatic N) is 5. The summed E-state index contributed by atoms with van der Waals surface area (Å²) in [7, 11) is 0. The summed E-state index contributed by atoms with van der Waals surface area (Å²) in [5.74, 6) is 0.220. The van der Waals surface area contributed by atoms with Crippen LogP contribution in [0.2, 0.25) is 0 Å². The molecule has 3 rings (SSSR count). The van der Waals surface area contributed by atoms with Crippen molar-refractivity contribution in [2.45, 2.75) is 32.4 Å². The van der Waals surface area contributed by atoms with E-state index in [1.165, 1.54) is 13.3 Å². The quantitative estimate of drug-likeness (QED) is 0.770. The molecule has 0 unspecified atom stereocenters. The molecule has 3 heterocycles. The molecule has 10 heteroatoms. The van der Waals surface area contributed by atoms with Crippen molar-refractivity contribution in [3.8, 4) is 5.82 Å². The molecule has 0 aliphatic carbocycles. The van der Waals surface area contributed by atoms with Gasteiger partial charge in [0, 0.05) is 44.4 Å². The van der Waals surface area contributed by atoms with E-state index in [0.29, 0.717) is 31.9 Å². The first-order valence-electron chi connectivity index (χ1n) is 8.62. The molecule has 1 fully saturated rings. The summed E-state index contributed by atoms with van der Waals surface area (Å²) in [5.41, 5.74) is 6.85. The Morgan fingerprint density at radius 1 is 1.33 bits per heavy atom. The summed E-state index contributed by atoms with van der Waals surface area (Å²) < 4.78 is 1.56. The Hall–Kier alpha value is -2.52. The summed E-state index contributed by atoms with van der Waals surface area (Å²) in [4.78, 5) is 34.3. The van der Waals surface area contributed by atoms with Crippen molar-refractivity contribution in [2.24, 2.45) is 11.7 Å². The fraction of sp³-hybridized carbons (Fsp3) is 0.471. The van der Waals surface area contributed by atoms with Crippen molar-refractivity contribution in [3.63, 3.8) is 0 Å². The lowest BCUT2D eigenvalue weighted by molar-refractivity contribution is -0.131. The number of carbonyl (C=O) groups excluding carboxylic acids is 2. The third-order valence-corrected chi connectivity index (χ3v) is 4.55. The van der Waals surface area contributed by atoms with Crippen LogP contribution in [0.5, 0.6) is 0 Å². The van der Waals surface area contributed by atoms with Gasteiger partial charge in [0.05, 0.1) is 5.92 Å². The molecule has 0 saturated carbocycles. The normalized spacial score (nSPS) is 19.7. The molecule has 146 valence electrons. The summed E-state index contributed by atoms with van der Waals surface area (Å²) in [6.07, 6.45) is 6.05. The van der Waals surface area contributed by atoms with Crippen molar-refractivity contribution in [3.05, 3.63) is 36.5 Å². The molecule has 2 amide bonds. The average Bonchev–Trinajstić information content (AvgIpc) is 3.09. The van der Waals surface area contributed by atoms with Crippen LogP contribution in [0.1, 0.15) is 25.3 Å². The summed E-state index contributed by atoms with van der Waals surface area (Å²) >= 11 is 0. The fourth-order valence-corrected chi connectivity index (χ4v) is 3.11. The number of hydrogen-bond donors (Lipinski definition) is 2. The third kappa shape index (κ3) is 5.24. The first kappa shape index (κ1) is 20.8. The Kier molecular flexibility index (Phi) is 7.26. The lowest BCUT2D eigenvalue weighted by atomic mass is 10.0. The maximum atomic E-state index is 12.7. The molecule has 0 bridgehead atoms. The van der Waals surface area contributed by atoms with Gasteiger partial charge in [-0.25, -0.2) is 14.6 Å². The van der Waals surface area contributed by atoms with Crippen molar-refractivity contribution >= 4 is 24.2 Å². The van der Waals surface area contributed by atoms with E-state index in [2.05, 4.69) is 20.4 Å². The zero-order valence-electron chi connectivity index (χ0n) is 15.1. The van der Waals surface area contributed by atoms with Crippen LogP contribution in [0.25, 0.3) is 5.82 Å². The van der Waals surface area contributed by atoms with Gasteiger partial charge >= 0.3 is 0 Å². The maximum absolute atomic E-state index is 12.7. The number of pyridine rings is 1. The molecule has 2 aromatic heterocycles. The van der Waals surface area contributed by atoms with Crippen LogP contribution in [0.3, 0.4) is 0 Å². The molecule has 3 N–H and O–H groups in total. The van der Waals surface area contributed by atoms with Gasteiger partial charge in [-0.2, -0.15) is 5.10 Å². The highest BCUT2D eigenvalue weighted by Crippen LogP contribution is 2.17. The molecule has 27 heavy (non-hydrogen) atoms. The Balaban J connectivity index is 0.00000261. The van der Waals surface area contributed by atoms with Crippen LogP contribution in [0, 0.1) is 5.92 Å². The van der Waals surface area contributed by atoms with E-state index >= 15 is 0 Å². The van der Waals surface area contributed by atoms with Gasteiger partial charge in [-0.3, -0.25) is 9.59 Å². The molecule has 0 radical (unpaired) electrons. The number of rotatable bonds is 4. The second-order valence-corrected chi connectivity index (χ2v) is 6.50. The molecule has 2 aromatic rings. The smallest absolute Gasteiger partial charge is 0.225 e. The first-order chi connectivity index (χ1) is 12.5. The van der Waals surface area contributed by atoms with E-state index in [0.717, 1.165) is 12.0 Å². The van der Waals surface area contributed by atoms with E-state index < -0.39 is 0 Å². The SMILES string of the molecule is CC(=O)N1C[C@@H](N)CC[C@@H](C(=O)NCc2cccnc2-n2cncn2)C1.Cl. The van der Waals surface area contributed by atoms with Gasteiger partial charge in [0.25, 0.3) is 0 Å². The molecule has 1 saturated heterocycles. The topological polar surface area (TPSA) is 119 Å². The zero-order chi connectivity index (χ0) is 18.5. The minimum Gasteiger partial charge on any atom is -0.352 e. The number of halogens is 1. The Labute approximate surface area is 163 Å². The van der Waals surface area contributed by atoms with E-state index in [-0.39, 0.29) is 36.2 Å². The van der Waals surface area contributed by atoms with Gasteiger partial charge in [0.15, 0.2) is 5.82 Å². The van der Waals surface area contributed by atoms with Gasteiger partial charge in [0.2, 0.25) is 11.8 Å². The van der Waals surface area contributed by atoms with Crippen molar-refractivity contribution in [1.82, 2.24) is 30.0 Å². The lowest BCUT2D eigenvalue weighted by Crippen LogP contribution is -2.42. The van der Waals surface area contributed by atoms with Crippen LogP contribution in [0.15, 0.2) is 31.0 Å². The second kappa shape index (κ2) is 9.43. The van der Waals surface area contributed by atoms with Gasteiger partial charge in [-0.15, -0.1) is 12.4 Å². The highest BCUT2D eigenvalue weighted by molar-refractivity contribution is 5.85. The predicted molar refractivity (Wildman–Crippen MR) is 101 cm³/mol. The van der Waals surface area contributed by atoms with E-state index in [1.807, 2.05) is 12.1 Å². The largest absolute Gasteiger partial charge is 0.352 e. The highest BCUT2D eigenvalue weighted by Gasteiger charge is 2.28. The van der Waals surface area contributed by atoms with Crippen molar-refractivity contribution in [1.29, 1.82) is 0 Å². The molecule has 9 nitrogen and oxygen atoms in total. The van der Waals surface area contributed by atoms with E-state index in [1.54, 1.807) is 22.1 Å². The fourth-order valence-electron chi connectivity index (χ4n) is 3.11. The Morgan fingerprint density at radius 2 is 2.15 bits per heavy atom. The van der Waals surface area contributed by atoms with Crippen LogP contribution in [-0.2, 0) is 16.1 Å². The van der Waals surface area contributed by atoms with Gasteiger partial charge in [-0.05, 0) is 18.9 Å². The van der Waals surface area contributed by atoms with Gasteiger partial charge < -0.3 is 16.0 Å². The predicted octanol–water partition coefficient (Wildman–Crippen LogP) is 0.286. The molecular weight excluding hydrogens is 370 g/mol. The van der Waals surface area contributed by atoms with Crippen LogP contribution >= 0.6 is 12.4 Å². The molecule has 1 aliphatic rings. The highest BCUT2D eigenvalue weighted by atomic mass is 35.5.